The minimum Gasteiger partial charge on any atom is -0.495 e. The van der Waals surface area contributed by atoms with Crippen LogP contribution < -0.4 is 20.1 Å². The van der Waals surface area contributed by atoms with Crippen molar-refractivity contribution in [3.63, 3.8) is 0 Å². The first-order valence-corrected chi connectivity index (χ1v) is 9.09. The van der Waals surface area contributed by atoms with E-state index in [0.29, 0.717) is 15.9 Å². The molecule has 0 spiro atoms. The maximum atomic E-state index is 6.14. The van der Waals surface area contributed by atoms with E-state index < -0.39 is 0 Å². The van der Waals surface area contributed by atoms with Crippen LogP contribution in [-0.4, -0.2) is 12.2 Å². The van der Waals surface area contributed by atoms with E-state index in [1.54, 1.807) is 13.2 Å². The second kappa shape index (κ2) is 8.75. The van der Waals surface area contributed by atoms with Crippen LogP contribution in [0, 0.1) is 6.92 Å². The van der Waals surface area contributed by atoms with Crippen molar-refractivity contribution < 1.29 is 9.47 Å². The topological polar surface area (TPSA) is 42.5 Å². The Bertz CT molecular complexity index is 931. The number of rotatable bonds is 5. The lowest BCUT2D eigenvalue weighted by atomic mass is 10.2. The van der Waals surface area contributed by atoms with Crippen LogP contribution in [0.15, 0.2) is 66.7 Å². The zero-order valence-electron chi connectivity index (χ0n) is 15.0. The highest BCUT2D eigenvalue weighted by atomic mass is 35.5. The molecule has 0 bridgehead atoms. The van der Waals surface area contributed by atoms with Gasteiger partial charge in [-0.25, -0.2) is 0 Å². The van der Waals surface area contributed by atoms with Crippen LogP contribution >= 0.6 is 23.8 Å². The van der Waals surface area contributed by atoms with Gasteiger partial charge < -0.3 is 20.1 Å². The zero-order chi connectivity index (χ0) is 19.2. The summed E-state index contributed by atoms with van der Waals surface area (Å²) in [4.78, 5) is 0. The van der Waals surface area contributed by atoms with E-state index in [-0.39, 0.29) is 0 Å². The molecular formula is C21H19ClN2O2S. The van der Waals surface area contributed by atoms with Gasteiger partial charge in [0.15, 0.2) is 5.11 Å². The normalized spacial score (nSPS) is 10.2. The number of ether oxygens (including phenoxy) is 2. The molecule has 0 aliphatic rings. The number of nitrogens with one attached hydrogen (secondary N) is 2. The third-order valence-electron chi connectivity index (χ3n) is 3.82. The van der Waals surface area contributed by atoms with Crippen LogP contribution in [0.3, 0.4) is 0 Å². The molecular weight excluding hydrogens is 380 g/mol. The van der Waals surface area contributed by atoms with Crippen LogP contribution in [0.5, 0.6) is 17.2 Å². The quantitative estimate of drug-likeness (QED) is 0.496. The lowest BCUT2D eigenvalue weighted by molar-refractivity contribution is 0.417. The summed E-state index contributed by atoms with van der Waals surface area (Å²) >= 11 is 11.5. The van der Waals surface area contributed by atoms with Crippen molar-refractivity contribution in [1.82, 2.24) is 0 Å². The molecule has 0 saturated carbocycles. The van der Waals surface area contributed by atoms with Gasteiger partial charge in [-0.1, -0.05) is 29.8 Å². The van der Waals surface area contributed by atoms with Crippen LogP contribution in [0.2, 0.25) is 5.02 Å². The van der Waals surface area contributed by atoms with Gasteiger partial charge in [-0.05, 0) is 67.2 Å². The van der Waals surface area contributed by atoms with E-state index in [4.69, 9.17) is 33.3 Å². The van der Waals surface area contributed by atoms with Gasteiger partial charge in [-0.2, -0.15) is 0 Å². The van der Waals surface area contributed by atoms with Crippen molar-refractivity contribution in [2.45, 2.75) is 6.92 Å². The molecule has 6 heteroatoms. The number of thiocarbonyl (C=S) groups is 1. The first-order chi connectivity index (χ1) is 13.0. The molecule has 0 fully saturated rings. The second-order valence-electron chi connectivity index (χ2n) is 5.82. The number of hydrogen-bond acceptors (Lipinski definition) is 3. The van der Waals surface area contributed by atoms with Crippen molar-refractivity contribution in [2.24, 2.45) is 0 Å². The van der Waals surface area contributed by atoms with E-state index in [1.165, 1.54) is 0 Å². The minimum atomic E-state index is 0.451. The fraction of sp³-hybridized carbons (Fsp3) is 0.0952. The maximum absolute atomic E-state index is 6.14. The molecule has 27 heavy (non-hydrogen) atoms. The first-order valence-electron chi connectivity index (χ1n) is 8.30. The lowest BCUT2D eigenvalue weighted by Crippen LogP contribution is -2.19. The summed E-state index contributed by atoms with van der Waals surface area (Å²) in [5, 5.41) is 7.38. The fourth-order valence-electron chi connectivity index (χ4n) is 2.45. The summed E-state index contributed by atoms with van der Waals surface area (Å²) in [6, 6.07) is 20.8. The molecule has 0 saturated heterocycles. The van der Waals surface area contributed by atoms with Gasteiger partial charge in [0.05, 0.1) is 12.8 Å². The highest BCUT2D eigenvalue weighted by molar-refractivity contribution is 7.80. The van der Waals surface area contributed by atoms with Crippen molar-refractivity contribution in [3.8, 4) is 17.2 Å². The number of aryl methyl sites for hydroxylation is 1. The molecule has 0 unspecified atom stereocenters. The molecule has 0 radical (unpaired) electrons. The summed E-state index contributed by atoms with van der Waals surface area (Å²) < 4.78 is 11.1. The maximum Gasteiger partial charge on any atom is 0.175 e. The predicted molar refractivity (Wildman–Crippen MR) is 116 cm³/mol. The Morgan fingerprint density at radius 3 is 2.26 bits per heavy atom. The number of halogens is 1. The number of methoxy groups -OCH3 is 1. The SMILES string of the molecule is COc1cc(Cl)c(C)cc1NC(=S)Nc1ccc(Oc2ccccc2)cc1. The summed E-state index contributed by atoms with van der Waals surface area (Å²) in [7, 11) is 1.59. The van der Waals surface area contributed by atoms with Crippen molar-refractivity contribution in [2.75, 3.05) is 17.7 Å². The molecule has 0 aliphatic carbocycles. The molecule has 3 aromatic rings. The molecule has 0 heterocycles. The van der Waals surface area contributed by atoms with Gasteiger partial charge in [0.1, 0.15) is 17.2 Å². The Morgan fingerprint density at radius 2 is 1.59 bits per heavy atom. The van der Waals surface area contributed by atoms with E-state index in [1.807, 2.05) is 67.6 Å². The van der Waals surface area contributed by atoms with Crippen LogP contribution in [0.25, 0.3) is 0 Å². The van der Waals surface area contributed by atoms with Crippen molar-refractivity contribution in [3.05, 3.63) is 77.3 Å². The Kier molecular flexibility index (Phi) is 6.16. The van der Waals surface area contributed by atoms with E-state index in [9.17, 15) is 0 Å². The van der Waals surface area contributed by atoms with Gasteiger partial charge in [0, 0.05) is 16.8 Å². The Hall–Kier alpha value is -2.76. The third kappa shape index (κ3) is 5.12. The van der Waals surface area contributed by atoms with Crippen LogP contribution in [-0.2, 0) is 0 Å². The summed E-state index contributed by atoms with van der Waals surface area (Å²) in [6.45, 7) is 1.93. The standard InChI is InChI=1S/C21H19ClN2O2S/c1-14-12-19(20(25-2)13-18(14)22)24-21(27)23-15-8-10-17(11-9-15)26-16-6-4-3-5-7-16/h3-13H,1-2H3,(H2,23,24,27). The third-order valence-corrected chi connectivity index (χ3v) is 4.43. The van der Waals surface area contributed by atoms with Gasteiger partial charge in [-0.15, -0.1) is 0 Å². The number of benzene rings is 3. The van der Waals surface area contributed by atoms with E-state index in [2.05, 4.69) is 10.6 Å². The lowest BCUT2D eigenvalue weighted by Gasteiger charge is -2.15. The van der Waals surface area contributed by atoms with Gasteiger partial charge in [0.25, 0.3) is 0 Å². The molecule has 4 nitrogen and oxygen atoms in total. The highest BCUT2D eigenvalue weighted by Crippen LogP contribution is 2.31. The van der Waals surface area contributed by atoms with Gasteiger partial charge in [-0.3, -0.25) is 0 Å². The Morgan fingerprint density at radius 1 is 0.926 bits per heavy atom. The van der Waals surface area contributed by atoms with Gasteiger partial charge in [0.2, 0.25) is 0 Å². The van der Waals surface area contributed by atoms with Gasteiger partial charge >= 0.3 is 0 Å². The Balaban J connectivity index is 1.64. The molecule has 2 N–H and O–H groups in total. The number of para-hydroxylation sites is 1. The zero-order valence-corrected chi connectivity index (χ0v) is 16.5. The molecule has 3 rings (SSSR count). The smallest absolute Gasteiger partial charge is 0.175 e. The second-order valence-corrected chi connectivity index (χ2v) is 6.64. The first kappa shape index (κ1) is 19.0. The average Bonchev–Trinajstić information content (AvgIpc) is 2.67. The molecule has 0 amide bonds. The van der Waals surface area contributed by atoms with E-state index in [0.717, 1.165) is 28.4 Å². The predicted octanol–water partition coefficient (Wildman–Crippen LogP) is 6.26. The molecule has 0 aromatic heterocycles. The van der Waals surface area contributed by atoms with Crippen LogP contribution in [0.4, 0.5) is 11.4 Å². The summed E-state index contributed by atoms with van der Waals surface area (Å²) in [5.41, 5.74) is 2.53. The Labute approximate surface area is 169 Å². The number of hydrogen-bond donors (Lipinski definition) is 2. The fourth-order valence-corrected chi connectivity index (χ4v) is 2.83. The van der Waals surface area contributed by atoms with Crippen LogP contribution in [0.1, 0.15) is 5.56 Å². The summed E-state index contributed by atoms with van der Waals surface area (Å²) in [5.74, 6) is 2.17. The monoisotopic (exact) mass is 398 g/mol. The largest absolute Gasteiger partial charge is 0.495 e. The molecule has 0 aliphatic heterocycles. The van der Waals surface area contributed by atoms with Crippen molar-refractivity contribution in [1.29, 1.82) is 0 Å². The van der Waals surface area contributed by atoms with Crippen molar-refractivity contribution >= 4 is 40.3 Å². The molecule has 3 aromatic carbocycles. The average molecular weight is 399 g/mol. The molecule has 138 valence electrons. The number of anilines is 2. The summed E-state index contributed by atoms with van der Waals surface area (Å²) in [6.07, 6.45) is 0. The van der Waals surface area contributed by atoms with E-state index >= 15 is 0 Å². The molecule has 0 atom stereocenters. The minimum absolute atomic E-state index is 0.451. The highest BCUT2D eigenvalue weighted by Gasteiger charge is 2.09.